The van der Waals surface area contributed by atoms with Crippen molar-refractivity contribution in [3.8, 4) is 0 Å². The van der Waals surface area contributed by atoms with Gasteiger partial charge in [-0.25, -0.2) is 0 Å². The summed E-state index contributed by atoms with van der Waals surface area (Å²) in [5.41, 5.74) is 0. The van der Waals surface area contributed by atoms with Crippen LogP contribution < -0.4 is 5.32 Å². The van der Waals surface area contributed by atoms with Gasteiger partial charge in [-0.1, -0.05) is 6.92 Å². The van der Waals surface area contributed by atoms with Crippen LogP contribution in [0.4, 0.5) is 0 Å². The zero-order chi connectivity index (χ0) is 10.4. The molecule has 3 atom stereocenters. The lowest BCUT2D eigenvalue weighted by molar-refractivity contribution is 0.499. The van der Waals surface area contributed by atoms with Crippen molar-refractivity contribution in [3.63, 3.8) is 0 Å². The molecule has 0 amide bonds. The first-order valence-corrected chi connectivity index (χ1v) is 8.11. The minimum Gasteiger partial charge on any atom is -0.313 e. The third-order valence-electron chi connectivity index (χ3n) is 2.71. The van der Waals surface area contributed by atoms with Crippen LogP contribution in [0.3, 0.4) is 0 Å². The predicted octanol–water partition coefficient (Wildman–Crippen LogP) is 1.63. The van der Waals surface area contributed by atoms with E-state index in [1.54, 1.807) is 6.26 Å². The van der Waals surface area contributed by atoms with E-state index in [1.807, 2.05) is 11.8 Å². The van der Waals surface area contributed by atoms with Crippen molar-refractivity contribution in [2.75, 3.05) is 24.3 Å². The summed E-state index contributed by atoms with van der Waals surface area (Å²) in [6.45, 7) is 3.08. The maximum absolute atomic E-state index is 11.1. The van der Waals surface area contributed by atoms with Crippen molar-refractivity contribution in [3.05, 3.63) is 0 Å². The minimum atomic E-state index is -0.662. The van der Waals surface area contributed by atoms with Gasteiger partial charge in [-0.05, 0) is 31.6 Å². The van der Waals surface area contributed by atoms with Crippen molar-refractivity contribution < 1.29 is 4.21 Å². The molecule has 0 radical (unpaired) electrons. The van der Waals surface area contributed by atoms with Gasteiger partial charge in [0, 0.05) is 34.1 Å². The van der Waals surface area contributed by atoms with Crippen LogP contribution in [0.5, 0.6) is 0 Å². The number of rotatable bonds is 5. The van der Waals surface area contributed by atoms with E-state index in [1.165, 1.54) is 24.3 Å². The van der Waals surface area contributed by atoms with Crippen LogP contribution in [0.1, 0.15) is 26.2 Å². The quantitative estimate of drug-likeness (QED) is 0.785. The molecule has 0 saturated carbocycles. The van der Waals surface area contributed by atoms with Gasteiger partial charge in [-0.3, -0.25) is 4.21 Å². The Balaban J connectivity index is 2.05. The first kappa shape index (κ1) is 12.5. The van der Waals surface area contributed by atoms with Gasteiger partial charge in [0.1, 0.15) is 0 Å². The van der Waals surface area contributed by atoms with Crippen molar-refractivity contribution in [1.29, 1.82) is 0 Å². The topological polar surface area (TPSA) is 29.1 Å². The molecule has 4 heteroatoms. The van der Waals surface area contributed by atoms with Crippen LogP contribution in [0.15, 0.2) is 0 Å². The van der Waals surface area contributed by atoms with Crippen molar-refractivity contribution in [2.24, 2.45) is 0 Å². The molecule has 1 aliphatic rings. The lowest BCUT2D eigenvalue weighted by Gasteiger charge is -2.23. The van der Waals surface area contributed by atoms with E-state index in [9.17, 15) is 4.21 Å². The molecule has 1 aliphatic heterocycles. The van der Waals surface area contributed by atoms with Gasteiger partial charge in [-0.2, -0.15) is 11.8 Å². The molecule has 14 heavy (non-hydrogen) atoms. The Hall–Kier alpha value is 0.460. The minimum absolute atomic E-state index is 0.332. The molecule has 84 valence electrons. The van der Waals surface area contributed by atoms with Gasteiger partial charge in [-0.15, -0.1) is 0 Å². The van der Waals surface area contributed by atoms with Crippen LogP contribution in [-0.2, 0) is 10.8 Å². The maximum atomic E-state index is 11.1. The highest BCUT2D eigenvalue weighted by Gasteiger charge is 2.13. The van der Waals surface area contributed by atoms with Gasteiger partial charge in [0.25, 0.3) is 0 Å². The molecule has 0 aromatic heterocycles. The van der Waals surface area contributed by atoms with E-state index >= 15 is 0 Å². The van der Waals surface area contributed by atoms with Crippen LogP contribution in [0.2, 0.25) is 0 Å². The molecule has 1 heterocycles. The average molecular weight is 235 g/mol. The molecule has 2 nitrogen and oxygen atoms in total. The van der Waals surface area contributed by atoms with E-state index in [0.717, 1.165) is 13.0 Å². The molecule has 1 N–H and O–H groups in total. The Morgan fingerprint density at radius 1 is 1.64 bits per heavy atom. The van der Waals surface area contributed by atoms with E-state index in [-0.39, 0.29) is 0 Å². The first-order chi connectivity index (χ1) is 6.70. The fourth-order valence-electron chi connectivity index (χ4n) is 1.56. The molecule has 1 fully saturated rings. The second-order valence-corrected chi connectivity index (χ2v) is 6.92. The van der Waals surface area contributed by atoms with Gasteiger partial charge < -0.3 is 5.32 Å². The number of hydrogen-bond acceptors (Lipinski definition) is 3. The molecule has 0 aliphatic carbocycles. The monoisotopic (exact) mass is 235 g/mol. The van der Waals surface area contributed by atoms with Crippen LogP contribution in [-0.4, -0.2) is 39.8 Å². The molecular formula is C10H21NOS2. The molecule has 0 aromatic carbocycles. The van der Waals surface area contributed by atoms with Gasteiger partial charge >= 0.3 is 0 Å². The summed E-state index contributed by atoms with van der Waals surface area (Å²) in [5, 5.41) is 3.88. The Bertz CT molecular complexity index is 181. The summed E-state index contributed by atoms with van der Waals surface area (Å²) in [4.78, 5) is 0. The highest BCUT2D eigenvalue weighted by Crippen LogP contribution is 2.16. The molecule has 0 unspecified atom stereocenters. The molecule has 0 bridgehead atoms. The Morgan fingerprint density at radius 2 is 2.43 bits per heavy atom. The molecular weight excluding hydrogens is 214 g/mol. The van der Waals surface area contributed by atoms with Crippen LogP contribution in [0.25, 0.3) is 0 Å². The zero-order valence-corrected chi connectivity index (χ0v) is 10.8. The van der Waals surface area contributed by atoms with E-state index < -0.39 is 10.8 Å². The number of thioether (sulfide) groups is 1. The fourth-order valence-corrected chi connectivity index (χ4v) is 3.11. The second-order valence-electron chi connectivity index (χ2n) is 3.97. The van der Waals surface area contributed by atoms with Crippen LogP contribution >= 0.6 is 11.8 Å². The maximum Gasteiger partial charge on any atom is 0.0329 e. The largest absolute Gasteiger partial charge is 0.313 e. The van der Waals surface area contributed by atoms with E-state index in [4.69, 9.17) is 0 Å². The summed E-state index contributed by atoms with van der Waals surface area (Å²) in [6, 6.07) is 0.700. The van der Waals surface area contributed by atoms with Gasteiger partial charge in [0.2, 0.25) is 0 Å². The zero-order valence-electron chi connectivity index (χ0n) is 9.12. The Kier molecular flexibility index (Phi) is 6.13. The summed E-state index contributed by atoms with van der Waals surface area (Å²) in [5.74, 6) is 2.58. The van der Waals surface area contributed by atoms with Crippen molar-refractivity contribution >= 4 is 22.6 Å². The SMILES string of the molecule is C[C@@H](CCN[C@H]1CCCSC1)[S@](C)=O. The normalized spacial score (nSPS) is 27.1. The van der Waals surface area contributed by atoms with E-state index in [0.29, 0.717) is 11.3 Å². The Morgan fingerprint density at radius 3 is 3.00 bits per heavy atom. The Labute approximate surface area is 94.1 Å². The molecule has 1 rings (SSSR count). The van der Waals surface area contributed by atoms with Crippen molar-refractivity contribution in [2.45, 2.75) is 37.5 Å². The average Bonchev–Trinajstić information content (AvgIpc) is 2.19. The predicted molar refractivity (Wildman–Crippen MR) is 66.5 cm³/mol. The summed E-state index contributed by atoms with van der Waals surface area (Å²) >= 11 is 2.05. The highest BCUT2D eigenvalue weighted by molar-refractivity contribution is 7.99. The molecule has 0 spiro atoms. The molecule has 0 aromatic rings. The second kappa shape index (κ2) is 6.85. The smallest absolute Gasteiger partial charge is 0.0329 e. The van der Waals surface area contributed by atoms with Crippen LogP contribution in [0, 0.1) is 0 Å². The lowest BCUT2D eigenvalue weighted by atomic mass is 10.2. The third kappa shape index (κ3) is 4.80. The summed E-state index contributed by atoms with van der Waals surface area (Å²) in [6.07, 6.45) is 5.49. The fraction of sp³-hybridized carbons (Fsp3) is 1.00. The summed E-state index contributed by atoms with van der Waals surface area (Å²) < 4.78 is 11.1. The van der Waals surface area contributed by atoms with Crippen molar-refractivity contribution in [1.82, 2.24) is 5.32 Å². The highest BCUT2D eigenvalue weighted by atomic mass is 32.2. The number of nitrogens with one attached hydrogen (secondary N) is 1. The first-order valence-electron chi connectivity index (χ1n) is 5.33. The standard InChI is InChI=1S/C10H21NOS2/c1-9(14(2)12)5-6-11-10-4-3-7-13-8-10/h9-11H,3-8H2,1-2H3/t9-,10-,14-/m0/s1. The van der Waals surface area contributed by atoms with Gasteiger partial charge in [0.05, 0.1) is 0 Å². The summed E-state index contributed by atoms with van der Waals surface area (Å²) in [7, 11) is -0.662. The van der Waals surface area contributed by atoms with E-state index in [2.05, 4.69) is 12.2 Å². The molecule has 1 saturated heterocycles. The number of hydrogen-bond donors (Lipinski definition) is 1. The lowest BCUT2D eigenvalue weighted by Crippen LogP contribution is -2.35. The van der Waals surface area contributed by atoms with Gasteiger partial charge in [0.15, 0.2) is 0 Å². The third-order valence-corrected chi connectivity index (χ3v) is 5.30.